The van der Waals surface area contributed by atoms with Crippen molar-refractivity contribution < 1.29 is 19.4 Å². The molecule has 1 unspecified atom stereocenters. The highest BCUT2D eigenvalue weighted by Crippen LogP contribution is 2.40. The highest BCUT2D eigenvalue weighted by Gasteiger charge is 2.46. The van der Waals surface area contributed by atoms with Gasteiger partial charge >= 0.3 is 0 Å². The van der Waals surface area contributed by atoms with Crippen LogP contribution in [0.5, 0.6) is 5.75 Å². The molecule has 1 amide bonds. The summed E-state index contributed by atoms with van der Waals surface area (Å²) in [5, 5.41) is 11.0. The number of nitrogens with zero attached hydrogens (tertiary/aromatic N) is 2. The van der Waals surface area contributed by atoms with E-state index in [9.17, 15) is 14.7 Å². The lowest BCUT2D eigenvalue weighted by Gasteiger charge is -2.25. The molecule has 1 aromatic heterocycles. The molecule has 1 fully saturated rings. The number of aliphatic hydroxyl groups excluding tert-OH is 1. The number of hydrogen-bond acceptors (Lipinski definition) is 5. The number of ketones is 1. The van der Waals surface area contributed by atoms with Crippen molar-refractivity contribution in [2.24, 2.45) is 0 Å². The molecule has 4 rings (SSSR count). The molecule has 1 aliphatic rings. The van der Waals surface area contributed by atoms with E-state index in [0.717, 1.165) is 5.56 Å². The van der Waals surface area contributed by atoms with Crippen LogP contribution in [0.2, 0.25) is 0 Å². The maximum atomic E-state index is 13.0. The van der Waals surface area contributed by atoms with E-state index in [2.05, 4.69) is 4.98 Å². The Morgan fingerprint density at radius 1 is 1.03 bits per heavy atom. The standard InChI is InChI=1S/C24H20N2O4/c1-30-19-11-9-17(10-12-19)22(27)20-21(18-8-5-13-25-14-18)26(24(29)23(20)28)15-16-6-3-2-4-7-16/h2-14,21,27H,15H2,1H3/b22-20+. The van der Waals surface area contributed by atoms with Crippen LogP contribution in [-0.4, -0.2) is 33.8 Å². The zero-order chi connectivity index (χ0) is 21.1. The molecular weight excluding hydrogens is 380 g/mol. The van der Waals surface area contributed by atoms with Gasteiger partial charge in [0.05, 0.1) is 18.7 Å². The monoisotopic (exact) mass is 400 g/mol. The molecule has 0 bridgehead atoms. The molecule has 0 aliphatic carbocycles. The first-order valence-electron chi connectivity index (χ1n) is 9.47. The number of aromatic nitrogens is 1. The molecule has 2 aromatic carbocycles. The Balaban J connectivity index is 1.83. The summed E-state index contributed by atoms with van der Waals surface area (Å²) in [5.41, 5.74) is 2.02. The van der Waals surface area contributed by atoms with Crippen molar-refractivity contribution in [2.45, 2.75) is 12.6 Å². The zero-order valence-corrected chi connectivity index (χ0v) is 16.4. The summed E-state index contributed by atoms with van der Waals surface area (Å²) < 4.78 is 5.15. The van der Waals surface area contributed by atoms with Gasteiger partial charge in [-0.05, 0) is 41.5 Å². The number of benzene rings is 2. The number of hydrogen-bond donors (Lipinski definition) is 1. The topological polar surface area (TPSA) is 79.7 Å². The second-order valence-corrected chi connectivity index (χ2v) is 6.93. The van der Waals surface area contributed by atoms with Crippen LogP contribution in [0.3, 0.4) is 0 Å². The molecule has 1 saturated heterocycles. The molecule has 150 valence electrons. The summed E-state index contributed by atoms with van der Waals surface area (Å²) >= 11 is 0. The molecular formula is C24H20N2O4. The molecule has 1 N–H and O–H groups in total. The average molecular weight is 400 g/mol. The third-order valence-electron chi connectivity index (χ3n) is 5.10. The minimum atomic E-state index is -0.735. The van der Waals surface area contributed by atoms with Gasteiger partial charge in [-0.25, -0.2) is 0 Å². The second-order valence-electron chi connectivity index (χ2n) is 6.93. The molecule has 30 heavy (non-hydrogen) atoms. The number of carbonyl (C=O) groups is 2. The first-order chi connectivity index (χ1) is 14.6. The SMILES string of the molecule is COc1ccc(/C(O)=C2\C(=O)C(=O)N(Cc3ccccc3)C2c2cccnc2)cc1. The van der Waals surface area contributed by atoms with Crippen molar-refractivity contribution in [3.8, 4) is 5.75 Å². The summed E-state index contributed by atoms with van der Waals surface area (Å²) in [4.78, 5) is 31.5. The Morgan fingerprint density at radius 3 is 2.40 bits per heavy atom. The van der Waals surface area contributed by atoms with Crippen LogP contribution in [-0.2, 0) is 16.1 Å². The lowest BCUT2D eigenvalue weighted by atomic mass is 9.96. The number of rotatable bonds is 5. The second kappa shape index (κ2) is 8.21. The van der Waals surface area contributed by atoms with E-state index in [1.807, 2.05) is 30.3 Å². The smallest absolute Gasteiger partial charge is 0.295 e. The number of methoxy groups -OCH3 is 1. The van der Waals surface area contributed by atoms with E-state index < -0.39 is 17.7 Å². The first kappa shape index (κ1) is 19.4. The first-order valence-corrected chi connectivity index (χ1v) is 9.47. The van der Waals surface area contributed by atoms with Crippen LogP contribution in [0.25, 0.3) is 5.76 Å². The Bertz CT molecular complexity index is 1090. The predicted octanol–water partition coefficient (Wildman–Crippen LogP) is 3.71. The maximum Gasteiger partial charge on any atom is 0.295 e. The molecule has 6 nitrogen and oxygen atoms in total. The molecule has 2 heterocycles. The molecule has 0 spiro atoms. The largest absolute Gasteiger partial charge is 0.507 e. The lowest BCUT2D eigenvalue weighted by Crippen LogP contribution is -2.29. The van der Waals surface area contributed by atoms with Gasteiger partial charge in [0, 0.05) is 24.5 Å². The fourth-order valence-electron chi connectivity index (χ4n) is 3.61. The third kappa shape index (κ3) is 3.55. The van der Waals surface area contributed by atoms with Crippen LogP contribution in [0.4, 0.5) is 0 Å². The fraction of sp³-hybridized carbons (Fsp3) is 0.125. The van der Waals surface area contributed by atoms with Gasteiger partial charge in [0.1, 0.15) is 11.5 Å². The van der Waals surface area contributed by atoms with Crippen LogP contribution >= 0.6 is 0 Å². The van der Waals surface area contributed by atoms with Crippen molar-refractivity contribution in [3.63, 3.8) is 0 Å². The molecule has 1 aliphatic heterocycles. The van der Waals surface area contributed by atoms with Crippen molar-refractivity contribution >= 4 is 17.4 Å². The normalized spacial score (nSPS) is 17.9. The Morgan fingerprint density at radius 2 is 1.77 bits per heavy atom. The fourth-order valence-corrected chi connectivity index (χ4v) is 3.61. The van der Waals surface area contributed by atoms with E-state index in [1.54, 1.807) is 55.9 Å². The van der Waals surface area contributed by atoms with Crippen LogP contribution in [0.1, 0.15) is 22.7 Å². The van der Waals surface area contributed by atoms with Crippen LogP contribution in [0, 0.1) is 0 Å². The summed E-state index contributed by atoms with van der Waals surface area (Å²) in [6, 6.07) is 18.9. The average Bonchev–Trinajstić information content (AvgIpc) is 3.05. The van der Waals surface area contributed by atoms with Gasteiger partial charge in [-0.1, -0.05) is 36.4 Å². The van der Waals surface area contributed by atoms with Crippen LogP contribution < -0.4 is 4.74 Å². The van der Waals surface area contributed by atoms with E-state index >= 15 is 0 Å². The van der Waals surface area contributed by atoms with E-state index in [1.165, 1.54) is 4.90 Å². The molecule has 3 aromatic rings. The van der Waals surface area contributed by atoms with E-state index in [4.69, 9.17) is 4.74 Å². The zero-order valence-electron chi connectivity index (χ0n) is 16.4. The van der Waals surface area contributed by atoms with Crippen molar-refractivity contribution in [1.29, 1.82) is 0 Å². The van der Waals surface area contributed by atoms with Crippen molar-refractivity contribution in [2.75, 3.05) is 7.11 Å². The summed E-state index contributed by atoms with van der Waals surface area (Å²) in [7, 11) is 1.55. The minimum absolute atomic E-state index is 0.0501. The summed E-state index contributed by atoms with van der Waals surface area (Å²) in [6.07, 6.45) is 3.23. The minimum Gasteiger partial charge on any atom is -0.507 e. The van der Waals surface area contributed by atoms with Crippen molar-refractivity contribution in [1.82, 2.24) is 9.88 Å². The predicted molar refractivity (Wildman–Crippen MR) is 112 cm³/mol. The Labute approximate surface area is 174 Å². The number of likely N-dealkylation sites (tertiary alicyclic amines) is 1. The van der Waals surface area contributed by atoms with Crippen LogP contribution in [0.15, 0.2) is 84.7 Å². The van der Waals surface area contributed by atoms with Gasteiger partial charge in [0.25, 0.3) is 11.7 Å². The molecule has 0 radical (unpaired) electrons. The van der Waals surface area contributed by atoms with E-state index in [-0.39, 0.29) is 17.9 Å². The van der Waals surface area contributed by atoms with Gasteiger partial charge in [-0.15, -0.1) is 0 Å². The third-order valence-corrected chi connectivity index (χ3v) is 5.10. The van der Waals surface area contributed by atoms with Gasteiger partial charge in [0.2, 0.25) is 0 Å². The highest BCUT2D eigenvalue weighted by molar-refractivity contribution is 6.46. The Hall–Kier alpha value is -3.93. The number of aliphatic hydroxyl groups is 1. The number of carbonyl (C=O) groups excluding carboxylic acids is 2. The van der Waals surface area contributed by atoms with Gasteiger partial charge in [0.15, 0.2) is 0 Å². The number of ether oxygens (including phenoxy) is 1. The summed E-state index contributed by atoms with van der Waals surface area (Å²) in [6.45, 7) is 0.240. The highest BCUT2D eigenvalue weighted by atomic mass is 16.5. The van der Waals surface area contributed by atoms with Gasteiger partial charge in [-0.2, -0.15) is 0 Å². The van der Waals surface area contributed by atoms with Gasteiger partial charge < -0.3 is 14.7 Å². The van der Waals surface area contributed by atoms with E-state index in [0.29, 0.717) is 16.9 Å². The number of Topliss-reactive ketones (excluding diaryl/α,β-unsaturated/α-hetero) is 1. The molecule has 0 saturated carbocycles. The summed E-state index contributed by atoms with van der Waals surface area (Å²) in [5.74, 6) is -0.962. The molecule has 6 heteroatoms. The quantitative estimate of drug-likeness (QED) is 0.401. The Kier molecular flexibility index (Phi) is 5.30. The maximum absolute atomic E-state index is 13.0. The van der Waals surface area contributed by atoms with Crippen molar-refractivity contribution in [3.05, 3.63) is 101 Å². The lowest BCUT2D eigenvalue weighted by molar-refractivity contribution is -0.140. The number of pyridine rings is 1. The number of amides is 1. The molecule has 1 atom stereocenters. The van der Waals surface area contributed by atoms with Gasteiger partial charge in [-0.3, -0.25) is 14.6 Å².